The largest absolute Gasteiger partial charge is 0.377 e. The average Bonchev–Trinajstić information content (AvgIpc) is 2.66. The number of hydrogen-bond acceptors (Lipinski definition) is 3. The number of carbonyl (C=O) groups is 2. The van der Waals surface area contributed by atoms with Gasteiger partial charge in [-0.3, -0.25) is 9.59 Å². The molecule has 1 atom stereocenters. The van der Waals surface area contributed by atoms with E-state index in [1.54, 1.807) is 12.1 Å². The Balaban J connectivity index is 1.54. The zero-order valence-corrected chi connectivity index (χ0v) is 15.1. The fourth-order valence-corrected chi connectivity index (χ4v) is 2.46. The van der Waals surface area contributed by atoms with Crippen molar-refractivity contribution in [1.82, 2.24) is 10.6 Å². The van der Waals surface area contributed by atoms with E-state index in [2.05, 4.69) is 10.6 Å². The van der Waals surface area contributed by atoms with Crippen LogP contribution in [0.5, 0.6) is 0 Å². The Bertz CT molecular complexity index is 674. The summed E-state index contributed by atoms with van der Waals surface area (Å²) in [7, 11) is 0. The molecule has 26 heavy (non-hydrogen) atoms. The van der Waals surface area contributed by atoms with Crippen LogP contribution in [0.25, 0.3) is 0 Å². The zero-order valence-electron chi connectivity index (χ0n) is 15.1. The molecule has 2 N–H and O–H groups in total. The number of ether oxygens (including phenoxy) is 1. The van der Waals surface area contributed by atoms with Crippen LogP contribution in [0.1, 0.15) is 35.7 Å². The van der Waals surface area contributed by atoms with Crippen molar-refractivity contribution < 1.29 is 14.3 Å². The first kappa shape index (κ1) is 19.7. The van der Waals surface area contributed by atoms with Gasteiger partial charge in [-0.15, -0.1) is 0 Å². The fraction of sp³-hybridized carbons (Fsp3) is 0.333. The molecule has 0 fully saturated rings. The quantitative estimate of drug-likeness (QED) is 0.645. The molecule has 0 aliphatic rings. The SMILES string of the molecule is C[C@@H](CC(=O)NCCCOCc1ccccc1)NC(=O)c1ccccc1. The molecule has 0 radical (unpaired) electrons. The van der Waals surface area contributed by atoms with Crippen LogP contribution in [0.3, 0.4) is 0 Å². The summed E-state index contributed by atoms with van der Waals surface area (Å²) in [4.78, 5) is 23.9. The second kappa shape index (κ2) is 11.1. The molecule has 0 spiro atoms. The number of amides is 2. The van der Waals surface area contributed by atoms with Crippen molar-refractivity contribution in [1.29, 1.82) is 0 Å². The van der Waals surface area contributed by atoms with Crippen molar-refractivity contribution in [3.63, 3.8) is 0 Å². The highest BCUT2D eigenvalue weighted by Gasteiger charge is 2.12. The Kier molecular flexibility index (Phi) is 8.36. The molecule has 5 nitrogen and oxygen atoms in total. The third-order valence-corrected chi connectivity index (χ3v) is 3.80. The van der Waals surface area contributed by atoms with Crippen molar-refractivity contribution in [3.8, 4) is 0 Å². The van der Waals surface area contributed by atoms with Crippen LogP contribution in [0.4, 0.5) is 0 Å². The molecular formula is C21H26N2O3. The van der Waals surface area contributed by atoms with E-state index >= 15 is 0 Å². The lowest BCUT2D eigenvalue weighted by Crippen LogP contribution is -2.37. The molecule has 0 heterocycles. The van der Waals surface area contributed by atoms with Gasteiger partial charge < -0.3 is 15.4 Å². The van der Waals surface area contributed by atoms with Gasteiger partial charge in [0.2, 0.25) is 5.91 Å². The molecular weight excluding hydrogens is 328 g/mol. The van der Waals surface area contributed by atoms with E-state index in [0.29, 0.717) is 25.3 Å². The molecule has 2 aromatic rings. The van der Waals surface area contributed by atoms with Gasteiger partial charge >= 0.3 is 0 Å². The lowest BCUT2D eigenvalue weighted by Gasteiger charge is -2.14. The number of carbonyl (C=O) groups excluding carboxylic acids is 2. The number of hydrogen-bond donors (Lipinski definition) is 2. The van der Waals surface area contributed by atoms with Crippen molar-refractivity contribution >= 4 is 11.8 Å². The molecule has 0 saturated carbocycles. The molecule has 0 bridgehead atoms. The van der Waals surface area contributed by atoms with E-state index in [4.69, 9.17) is 4.74 Å². The van der Waals surface area contributed by atoms with Gasteiger partial charge in [-0.25, -0.2) is 0 Å². The van der Waals surface area contributed by atoms with Crippen LogP contribution in [-0.2, 0) is 16.1 Å². The first-order valence-electron chi connectivity index (χ1n) is 8.89. The van der Waals surface area contributed by atoms with E-state index in [9.17, 15) is 9.59 Å². The molecule has 0 aliphatic carbocycles. The Morgan fingerprint density at radius 2 is 1.65 bits per heavy atom. The number of nitrogens with one attached hydrogen (secondary N) is 2. The minimum atomic E-state index is -0.225. The molecule has 0 saturated heterocycles. The summed E-state index contributed by atoms with van der Waals surface area (Å²) >= 11 is 0. The molecule has 2 amide bonds. The van der Waals surface area contributed by atoms with Gasteiger partial charge in [0.05, 0.1) is 6.61 Å². The molecule has 138 valence electrons. The van der Waals surface area contributed by atoms with Gasteiger partial charge in [0, 0.05) is 31.2 Å². The number of benzene rings is 2. The van der Waals surface area contributed by atoms with Gasteiger partial charge in [0.25, 0.3) is 5.91 Å². The maximum atomic E-state index is 12.0. The Labute approximate surface area is 154 Å². The zero-order chi connectivity index (χ0) is 18.6. The summed E-state index contributed by atoms with van der Waals surface area (Å²) in [5, 5.41) is 5.69. The van der Waals surface area contributed by atoms with E-state index in [1.807, 2.05) is 55.5 Å². The summed E-state index contributed by atoms with van der Waals surface area (Å²) < 4.78 is 5.58. The lowest BCUT2D eigenvalue weighted by molar-refractivity contribution is -0.121. The Morgan fingerprint density at radius 1 is 1.00 bits per heavy atom. The highest BCUT2D eigenvalue weighted by Crippen LogP contribution is 2.01. The van der Waals surface area contributed by atoms with Crippen LogP contribution < -0.4 is 10.6 Å². The second-order valence-electron chi connectivity index (χ2n) is 6.19. The number of rotatable bonds is 10. The lowest BCUT2D eigenvalue weighted by atomic mass is 10.1. The van der Waals surface area contributed by atoms with Crippen LogP contribution in [0.2, 0.25) is 0 Å². The average molecular weight is 354 g/mol. The highest BCUT2D eigenvalue weighted by molar-refractivity contribution is 5.94. The first-order chi connectivity index (χ1) is 12.6. The fourth-order valence-electron chi connectivity index (χ4n) is 2.46. The predicted molar refractivity (Wildman–Crippen MR) is 102 cm³/mol. The van der Waals surface area contributed by atoms with Crippen molar-refractivity contribution in [3.05, 3.63) is 71.8 Å². The normalized spacial score (nSPS) is 11.6. The summed E-state index contributed by atoms with van der Waals surface area (Å²) in [5.41, 5.74) is 1.73. The van der Waals surface area contributed by atoms with E-state index in [1.165, 1.54) is 0 Å². The van der Waals surface area contributed by atoms with Crippen LogP contribution >= 0.6 is 0 Å². The van der Waals surface area contributed by atoms with Crippen molar-refractivity contribution in [2.24, 2.45) is 0 Å². The third kappa shape index (κ3) is 7.49. The van der Waals surface area contributed by atoms with Gasteiger partial charge in [-0.2, -0.15) is 0 Å². The minimum absolute atomic E-state index is 0.0751. The smallest absolute Gasteiger partial charge is 0.251 e. The first-order valence-corrected chi connectivity index (χ1v) is 8.89. The van der Waals surface area contributed by atoms with Crippen molar-refractivity contribution in [2.45, 2.75) is 32.4 Å². The third-order valence-electron chi connectivity index (χ3n) is 3.80. The standard InChI is InChI=1S/C21H26N2O3/c1-17(23-21(25)19-11-6-3-7-12-19)15-20(24)22-13-8-14-26-16-18-9-4-2-5-10-18/h2-7,9-12,17H,8,13-16H2,1H3,(H,22,24)(H,23,25)/t17-/m0/s1. The summed E-state index contributed by atoms with van der Waals surface area (Å²) in [6.07, 6.45) is 1.01. The Morgan fingerprint density at radius 3 is 2.35 bits per heavy atom. The van der Waals surface area contributed by atoms with Crippen molar-refractivity contribution in [2.75, 3.05) is 13.2 Å². The van der Waals surface area contributed by atoms with Gasteiger partial charge in [0.1, 0.15) is 0 Å². The Hall–Kier alpha value is -2.66. The van der Waals surface area contributed by atoms with Gasteiger partial charge in [-0.05, 0) is 31.0 Å². The summed E-state index contributed by atoms with van der Waals surface area (Å²) in [5.74, 6) is -0.242. The van der Waals surface area contributed by atoms with Crippen LogP contribution in [0.15, 0.2) is 60.7 Å². The molecule has 0 aromatic heterocycles. The highest BCUT2D eigenvalue weighted by atomic mass is 16.5. The van der Waals surface area contributed by atoms with Crippen LogP contribution in [0, 0.1) is 0 Å². The minimum Gasteiger partial charge on any atom is -0.377 e. The summed E-state index contributed by atoms with van der Waals surface area (Å²) in [6, 6.07) is 18.7. The topological polar surface area (TPSA) is 67.4 Å². The molecule has 5 heteroatoms. The van der Waals surface area contributed by atoms with E-state index in [-0.39, 0.29) is 24.3 Å². The monoisotopic (exact) mass is 354 g/mol. The van der Waals surface area contributed by atoms with Gasteiger partial charge in [-0.1, -0.05) is 48.5 Å². The molecule has 0 unspecified atom stereocenters. The molecule has 2 rings (SSSR count). The van der Waals surface area contributed by atoms with Gasteiger partial charge in [0.15, 0.2) is 0 Å². The van der Waals surface area contributed by atoms with E-state index < -0.39 is 0 Å². The van der Waals surface area contributed by atoms with E-state index in [0.717, 1.165) is 12.0 Å². The summed E-state index contributed by atoms with van der Waals surface area (Å²) in [6.45, 7) is 3.56. The molecule has 2 aromatic carbocycles. The predicted octanol–water partition coefficient (Wildman–Crippen LogP) is 2.92. The maximum absolute atomic E-state index is 12.0. The molecule has 0 aliphatic heterocycles. The second-order valence-corrected chi connectivity index (χ2v) is 6.19. The maximum Gasteiger partial charge on any atom is 0.251 e. The van der Waals surface area contributed by atoms with Crippen LogP contribution in [-0.4, -0.2) is 31.0 Å².